The maximum absolute atomic E-state index is 13.0. The van der Waals surface area contributed by atoms with E-state index in [1.165, 1.54) is 24.3 Å². The first kappa shape index (κ1) is 34.5. The van der Waals surface area contributed by atoms with E-state index < -0.39 is 33.6 Å². The van der Waals surface area contributed by atoms with Gasteiger partial charge in [-0.3, -0.25) is 0 Å². The number of benzene rings is 3. The minimum absolute atomic E-state index is 0.0162. The van der Waals surface area contributed by atoms with E-state index >= 15 is 0 Å². The molecule has 2 atom stereocenters. The van der Waals surface area contributed by atoms with Crippen molar-refractivity contribution >= 4 is 56.5 Å². The molecule has 16 heteroatoms. The third kappa shape index (κ3) is 9.57. The SMILES string of the molecule is C=S(=O)(NC(=O)OCC)c1ccc(Nc2ncc(-c3ccc(NC(=O)Nc4cccc(C(F)(F)F)c4)cc3)c(N[C@H](C)CO)n2)cc1. The van der Waals surface area contributed by atoms with E-state index in [0.29, 0.717) is 28.3 Å². The highest BCUT2D eigenvalue weighted by Gasteiger charge is 2.30. The van der Waals surface area contributed by atoms with Crippen LogP contribution in [0.2, 0.25) is 0 Å². The van der Waals surface area contributed by atoms with Crippen molar-refractivity contribution in [2.45, 2.75) is 31.0 Å². The zero-order chi connectivity index (χ0) is 34.2. The van der Waals surface area contributed by atoms with Crippen LogP contribution in [0.5, 0.6) is 0 Å². The number of nitrogens with one attached hydrogen (secondary N) is 5. The number of carbonyl (C=O) groups is 2. The van der Waals surface area contributed by atoms with Crippen LogP contribution in [0.25, 0.3) is 11.1 Å². The Bertz CT molecular complexity index is 1820. The number of hydrogen-bond acceptors (Lipinski definition) is 9. The molecule has 6 N–H and O–H groups in total. The van der Waals surface area contributed by atoms with E-state index in [9.17, 15) is 32.1 Å². The van der Waals surface area contributed by atoms with Crippen molar-refractivity contribution < 1.29 is 36.8 Å². The molecule has 1 unspecified atom stereocenters. The van der Waals surface area contributed by atoms with Crippen molar-refractivity contribution in [2.24, 2.45) is 0 Å². The topological polar surface area (TPSA) is 167 Å². The van der Waals surface area contributed by atoms with Gasteiger partial charge in [-0.1, -0.05) is 18.2 Å². The number of aromatic nitrogens is 2. The van der Waals surface area contributed by atoms with Crippen molar-refractivity contribution in [3.8, 4) is 11.1 Å². The van der Waals surface area contributed by atoms with Crippen molar-refractivity contribution in [1.82, 2.24) is 14.7 Å². The molecule has 0 bridgehead atoms. The lowest BCUT2D eigenvalue weighted by molar-refractivity contribution is -0.137. The number of aliphatic hydroxyl groups excluding tert-OH is 1. The molecule has 0 spiro atoms. The molecule has 3 amide bonds. The molecule has 0 aliphatic carbocycles. The fourth-order valence-electron chi connectivity index (χ4n) is 4.08. The number of anilines is 5. The summed E-state index contributed by atoms with van der Waals surface area (Å²) in [5.74, 6) is 4.19. The number of halogens is 3. The molecular weight excluding hydrogens is 639 g/mol. The van der Waals surface area contributed by atoms with Gasteiger partial charge in [0.25, 0.3) is 0 Å². The fraction of sp³-hybridized carbons (Fsp3) is 0.194. The van der Waals surface area contributed by atoms with Gasteiger partial charge in [0.05, 0.1) is 28.5 Å². The molecule has 0 saturated heterocycles. The number of ether oxygens (including phenoxy) is 1. The van der Waals surface area contributed by atoms with Crippen molar-refractivity contribution in [3.63, 3.8) is 0 Å². The van der Waals surface area contributed by atoms with Crippen molar-refractivity contribution in [3.05, 3.63) is 84.6 Å². The molecule has 1 aromatic heterocycles. The number of hydrogen-bond donors (Lipinski definition) is 6. The van der Waals surface area contributed by atoms with E-state index in [1.54, 1.807) is 56.4 Å². The minimum atomic E-state index is -4.54. The average Bonchev–Trinajstić information content (AvgIpc) is 3.01. The lowest BCUT2D eigenvalue weighted by Crippen LogP contribution is -2.30. The Morgan fingerprint density at radius 1 is 1.00 bits per heavy atom. The molecule has 0 aliphatic rings. The van der Waals surface area contributed by atoms with Gasteiger partial charge in [-0.15, -0.1) is 0 Å². The van der Waals surface area contributed by atoms with Gasteiger partial charge >= 0.3 is 18.3 Å². The van der Waals surface area contributed by atoms with Crippen LogP contribution >= 0.6 is 0 Å². The normalized spacial score (nSPS) is 13.1. The summed E-state index contributed by atoms with van der Waals surface area (Å²) >= 11 is 0. The van der Waals surface area contributed by atoms with Gasteiger partial charge in [-0.2, -0.15) is 18.2 Å². The summed E-state index contributed by atoms with van der Waals surface area (Å²) in [4.78, 5) is 33.4. The zero-order valence-electron chi connectivity index (χ0n) is 25.2. The highest BCUT2D eigenvalue weighted by atomic mass is 32.2. The second-order valence-electron chi connectivity index (χ2n) is 10.1. The molecule has 0 aliphatic heterocycles. The Morgan fingerprint density at radius 3 is 2.30 bits per heavy atom. The first-order chi connectivity index (χ1) is 22.3. The molecule has 0 radical (unpaired) electrons. The van der Waals surface area contributed by atoms with Crippen LogP contribution in [0.4, 0.5) is 51.6 Å². The van der Waals surface area contributed by atoms with E-state index in [4.69, 9.17) is 4.74 Å². The largest absolute Gasteiger partial charge is 0.449 e. The second-order valence-corrected chi connectivity index (χ2v) is 12.1. The third-order valence-corrected chi connectivity index (χ3v) is 7.89. The molecule has 3 aromatic carbocycles. The summed E-state index contributed by atoms with van der Waals surface area (Å²) in [6, 6.07) is 16.1. The number of carbonyl (C=O) groups excluding carboxylic acids is 2. The number of urea groups is 1. The lowest BCUT2D eigenvalue weighted by atomic mass is 10.1. The van der Waals surface area contributed by atoms with Crippen molar-refractivity contribution in [1.29, 1.82) is 0 Å². The van der Waals surface area contributed by atoms with Crippen LogP contribution < -0.4 is 26.0 Å². The minimum Gasteiger partial charge on any atom is -0.449 e. The quantitative estimate of drug-likeness (QED) is 0.104. The van der Waals surface area contributed by atoms with Gasteiger partial charge in [0, 0.05) is 39.8 Å². The van der Waals surface area contributed by atoms with Crippen LogP contribution in [-0.2, 0) is 20.6 Å². The highest BCUT2D eigenvalue weighted by Crippen LogP contribution is 2.31. The van der Waals surface area contributed by atoms with Gasteiger partial charge in [-0.05, 0) is 79.9 Å². The molecule has 0 fully saturated rings. The van der Waals surface area contributed by atoms with Crippen LogP contribution in [0, 0.1) is 0 Å². The van der Waals surface area contributed by atoms with E-state index in [0.717, 1.165) is 12.1 Å². The Morgan fingerprint density at radius 2 is 1.66 bits per heavy atom. The summed E-state index contributed by atoms with van der Waals surface area (Å²) in [6.07, 6.45) is -3.82. The number of rotatable bonds is 11. The Kier molecular flexibility index (Phi) is 10.9. The standard InChI is InChI=1S/C31H32F3N7O5S/c1-4-46-30(44)41-47(3,45)25-14-12-22(13-15-25)37-28-35-17-26(27(40-28)36-19(2)18-42)20-8-10-23(11-9-20)38-29(43)39-24-7-5-6-21(16-24)31(32,33)34/h5-17,19,42H,3-4,18H2,1-2H3,(H2,38,39,43)(H,41,44,45)(H2,35,36,37,40)/t19-,47?/m1/s1. The molecule has 1 heterocycles. The lowest BCUT2D eigenvalue weighted by Gasteiger charge is -2.17. The summed E-state index contributed by atoms with van der Waals surface area (Å²) in [6.45, 7) is 3.32. The Balaban J connectivity index is 1.48. The van der Waals surface area contributed by atoms with Gasteiger partial charge in [0.2, 0.25) is 5.95 Å². The summed E-state index contributed by atoms with van der Waals surface area (Å²) in [5.41, 5.74) is 1.27. The molecule has 0 saturated carbocycles. The van der Waals surface area contributed by atoms with Crippen LogP contribution in [-0.4, -0.2) is 56.5 Å². The predicted octanol–water partition coefficient (Wildman–Crippen LogP) is 6.08. The first-order valence-corrected chi connectivity index (χ1v) is 15.8. The summed E-state index contributed by atoms with van der Waals surface area (Å²) in [5, 5.41) is 20.8. The van der Waals surface area contributed by atoms with E-state index in [-0.39, 0.29) is 35.8 Å². The zero-order valence-corrected chi connectivity index (χ0v) is 26.0. The average molecular weight is 672 g/mol. The predicted molar refractivity (Wildman–Crippen MR) is 175 cm³/mol. The Labute approximate surface area is 268 Å². The molecule has 12 nitrogen and oxygen atoms in total. The van der Waals surface area contributed by atoms with Crippen LogP contribution in [0.3, 0.4) is 0 Å². The molecule has 248 valence electrons. The van der Waals surface area contributed by atoms with Crippen LogP contribution in [0.15, 0.2) is 83.9 Å². The molecule has 4 rings (SSSR count). The fourth-order valence-corrected chi connectivity index (χ4v) is 5.11. The summed E-state index contributed by atoms with van der Waals surface area (Å²) < 4.78 is 58.8. The second kappa shape index (κ2) is 14.8. The van der Waals surface area contributed by atoms with E-state index in [2.05, 4.69) is 41.8 Å². The molecule has 4 aromatic rings. The van der Waals surface area contributed by atoms with Gasteiger partial charge in [-0.25, -0.2) is 23.5 Å². The monoisotopic (exact) mass is 671 g/mol. The number of alkyl halides is 3. The smallest absolute Gasteiger partial charge is 0.418 e. The Hall–Kier alpha value is -5.35. The maximum Gasteiger partial charge on any atom is 0.418 e. The molecular formula is C31H32F3N7O5S. The number of aliphatic hydroxyl groups is 1. The van der Waals surface area contributed by atoms with Crippen molar-refractivity contribution in [2.75, 3.05) is 34.5 Å². The van der Waals surface area contributed by atoms with E-state index in [1.807, 2.05) is 0 Å². The third-order valence-electron chi connectivity index (χ3n) is 6.36. The van der Waals surface area contributed by atoms with Crippen LogP contribution in [0.1, 0.15) is 19.4 Å². The van der Waals surface area contributed by atoms with Gasteiger partial charge < -0.3 is 31.1 Å². The first-order valence-electron chi connectivity index (χ1n) is 14.1. The van der Waals surface area contributed by atoms with Gasteiger partial charge in [0.1, 0.15) is 5.82 Å². The number of nitrogens with zero attached hydrogens (tertiary/aromatic N) is 2. The number of amides is 3. The molecule has 47 heavy (non-hydrogen) atoms. The maximum atomic E-state index is 13.0. The highest BCUT2D eigenvalue weighted by molar-refractivity contribution is 7.99. The summed E-state index contributed by atoms with van der Waals surface area (Å²) in [7, 11) is -3.14. The van der Waals surface area contributed by atoms with Gasteiger partial charge in [0.15, 0.2) is 0 Å².